The fourth-order valence-corrected chi connectivity index (χ4v) is 5.58. The molecule has 0 aliphatic heterocycles. The number of carbonyl (C=O) groups is 1. The maximum Gasteiger partial charge on any atom is 0.245 e. The second kappa shape index (κ2) is 11.7. The molecule has 6 rings (SSSR count). The van der Waals surface area contributed by atoms with Gasteiger partial charge in [-0.25, -0.2) is 28.8 Å². The predicted octanol–water partition coefficient (Wildman–Crippen LogP) is 6.46. The number of amides is 1. The lowest BCUT2D eigenvalue weighted by Crippen LogP contribution is -2.36. The number of fused-ring (bicyclic) bond motifs is 2. The average molecular weight is 587 g/mol. The first-order valence-corrected chi connectivity index (χ1v) is 14.0. The lowest BCUT2D eigenvalue weighted by Gasteiger charge is -2.28. The molecule has 10 nitrogen and oxygen atoms in total. The molecule has 0 bridgehead atoms. The van der Waals surface area contributed by atoms with E-state index in [0.717, 1.165) is 37.8 Å². The van der Waals surface area contributed by atoms with Crippen molar-refractivity contribution in [2.75, 3.05) is 12.4 Å². The monoisotopic (exact) mass is 586 g/mol. The Bertz CT molecular complexity index is 1790. The quantitative estimate of drug-likeness (QED) is 0.171. The summed E-state index contributed by atoms with van der Waals surface area (Å²) in [4.78, 5) is 31.8. The topological polar surface area (TPSA) is 110 Å². The van der Waals surface area contributed by atoms with Crippen LogP contribution in [0.1, 0.15) is 43.7 Å². The Labute approximate surface area is 246 Å². The number of pyridine rings is 2. The minimum Gasteiger partial charge on any atom is -0.455 e. The van der Waals surface area contributed by atoms with Crippen LogP contribution in [-0.2, 0) is 4.79 Å². The highest BCUT2D eigenvalue weighted by Gasteiger charge is 2.27. The van der Waals surface area contributed by atoms with Gasteiger partial charge >= 0.3 is 0 Å². The summed E-state index contributed by atoms with van der Waals surface area (Å²) in [5.41, 5.74) is 2.73. The Morgan fingerprint density at radius 1 is 1.17 bits per heavy atom. The number of likely N-dealkylation sites (N-methyl/N-ethyl adjacent to an activating group) is 1. The highest BCUT2D eigenvalue weighted by Crippen LogP contribution is 2.37. The molecule has 12 heteroatoms. The number of aromatic nitrogens is 6. The molecule has 214 valence electrons. The van der Waals surface area contributed by atoms with Crippen LogP contribution in [0.15, 0.2) is 67.9 Å². The van der Waals surface area contributed by atoms with Gasteiger partial charge in [0.2, 0.25) is 5.91 Å². The molecule has 1 saturated carbocycles. The average Bonchev–Trinajstić information content (AvgIpc) is 3.34. The number of ether oxygens (including phenoxy) is 1. The molecule has 4 aromatic heterocycles. The number of hydrogen-bond donors (Lipinski definition) is 1. The van der Waals surface area contributed by atoms with Crippen LogP contribution in [0.3, 0.4) is 0 Å². The van der Waals surface area contributed by atoms with Gasteiger partial charge in [-0.2, -0.15) is 5.10 Å². The van der Waals surface area contributed by atoms with E-state index in [9.17, 15) is 4.79 Å². The lowest BCUT2D eigenvalue weighted by atomic mass is 9.93. The van der Waals surface area contributed by atoms with Crippen molar-refractivity contribution in [3.05, 3.63) is 84.4 Å². The number of halogens is 2. The number of nitrogens with zero attached hydrogens (tertiary/aromatic N) is 7. The number of anilines is 2. The third-order valence-electron chi connectivity index (χ3n) is 7.67. The molecule has 1 aromatic carbocycles. The Kier molecular flexibility index (Phi) is 7.66. The Morgan fingerprint density at radius 2 is 2.02 bits per heavy atom. The first kappa shape index (κ1) is 27.5. The van der Waals surface area contributed by atoms with Gasteiger partial charge in [0.05, 0.1) is 11.2 Å². The molecule has 0 spiro atoms. The number of benzene rings is 1. The minimum absolute atomic E-state index is 0.0829. The Morgan fingerprint density at radius 3 is 2.88 bits per heavy atom. The van der Waals surface area contributed by atoms with Gasteiger partial charge < -0.3 is 15.0 Å². The first-order valence-electron chi connectivity index (χ1n) is 13.6. The second-order valence-electron chi connectivity index (χ2n) is 10.2. The van der Waals surface area contributed by atoms with Gasteiger partial charge in [-0.05, 0) is 55.7 Å². The molecule has 1 amide bonds. The van der Waals surface area contributed by atoms with Crippen molar-refractivity contribution in [3.8, 4) is 11.5 Å². The van der Waals surface area contributed by atoms with Crippen LogP contribution in [0.5, 0.6) is 11.5 Å². The summed E-state index contributed by atoms with van der Waals surface area (Å²) < 4.78 is 22.9. The van der Waals surface area contributed by atoms with Crippen molar-refractivity contribution >= 4 is 45.7 Å². The van der Waals surface area contributed by atoms with E-state index in [2.05, 4.69) is 31.9 Å². The van der Waals surface area contributed by atoms with Crippen molar-refractivity contribution in [1.82, 2.24) is 34.4 Å². The summed E-state index contributed by atoms with van der Waals surface area (Å²) in [6, 6.07) is 10.4. The maximum atomic E-state index is 15.5. The molecule has 1 N–H and O–H groups in total. The minimum atomic E-state index is -0.692. The summed E-state index contributed by atoms with van der Waals surface area (Å²) in [6.45, 7) is 3.63. The number of carbonyl (C=O) groups excluding carboxylic acids is 1. The van der Waals surface area contributed by atoms with Crippen LogP contribution in [0.4, 0.5) is 15.9 Å². The fraction of sp³-hybridized carbons (Fsp3) is 0.267. The lowest BCUT2D eigenvalue weighted by molar-refractivity contribution is -0.127. The summed E-state index contributed by atoms with van der Waals surface area (Å²) in [7, 11) is 1.83. The van der Waals surface area contributed by atoms with Gasteiger partial charge in [-0.1, -0.05) is 31.0 Å². The summed E-state index contributed by atoms with van der Waals surface area (Å²) in [5.74, 6) is 0.320. The van der Waals surface area contributed by atoms with E-state index in [1.807, 2.05) is 19.2 Å². The van der Waals surface area contributed by atoms with Crippen LogP contribution in [0.2, 0.25) is 5.02 Å². The zero-order chi connectivity index (χ0) is 29.2. The van der Waals surface area contributed by atoms with Gasteiger partial charge in [-0.15, -0.1) is 0 Å². The van der Waals surface area contributed by atoms with E-state index in [0.29, 0.717) is 28.2 Å². The molecule has 1 aliphatic rings. The largest absolute Gasteiger partial charge is 0.455 e. The van der Waals surface area contributed by atoms with Crippen LogP contribution < -0.4 is 10.1 Å². The molecule has 1 fully saturated rings. The second-order valence-corrected chi connectivity index (χ2v) is 10.6. The molecule has 5 aromatic rings. The molecule has 4 heterocycles. The normalized spacial score (nSPS) is 17.1. The highest BCUT2D eigenvalue weighted by molar-refractivity contribution is 6.32. The summed E-state index contributed by atoms with van der Waals surface area (Å²) in [5, 5.41) is 6.91. The fourth-order valence-electron chi connectivity index (χ4n) is 5.37. The molecular weight excluding hydrogens is 559 g/mol. The molecule has 42 heavy (non-hydrogen) atoms. The van der Waals surface area contributed by atoms with Gasteiger partial charge in [0.25, 0.3) is 0 Å². The van der Waals surface area contributed by atoms with Gasteiger partial charge in [0.1, 0.15) is 34.7 Å². The van der Waals surface area contributed by atoms with Crippen molar-refractivity contribution < 1.29 is 13.9 Å². The first-order chi connectivity index (χ1) is 20.4. The summed E-state index contributed by atoms with van der Waals surface area (Å²) in [6.07, 6.45) is 10.6. The molecule has 0 radical (unpaired) electrons. The van der Waals surface area contributed by atoms with Crippen LogP contribution in [0.25, 0.3) is 16.7 Å². The van der Waals surface area contributed by atoms with E-state index in [1.165, 1.54) is 24.8 Å². The van der Waals surface area contributed by atoms with Crippen LogP contribution >= 0.6 is 11.6 Å². The van der Waals surface area contributed by atoms with Crippen LogP contribution in [-0.4, -0.2) is 53.4 Å². The third kappa shape index (κ3) is 5.47. The summed E-state index contributed by atoms with van der Waals surface area (Å²) >= 11 is 6.39. The Hall–Kier alpha value is -4.64. The van der Waals surface area contributed by atoms with Crippen molar-refractivity contribution in [1.29, 1.82) is 0 Å². The molecule has 0 saturated heterocycles. The Balaban J connectivity index is 1.26. The van der Waals surface area contributed by atoms with Crippen molar-refractivity contribution in [2.24, 2.45) is 0 Å². The van der Waals surface area contributed by atoms with Crippen molar-refractivity contribution in [3.63, 3.8) is 0 Å². The predicted molar refractivity (Wildman–Crippen MR) is 158 cm³/mol. The molecule has 1 aliphatic carbocycles. The number of rotatable bonds is 7. The molecular formula is C30H28ClFN8O2. The van der Waals surface area contributed by atoms with E-state index in [1.54, 1.807) is 33.8 Å². The van der Waals surface area contributed by atoms with E-state index < -0.39 is 5.82 Å². The van der Waals surface area contributed by atoms with E-state index in [4.69, 9.17) is 21.3 Å². The smallest absolute Gasteiger partial charge is 0.245 e. The third-order valence-corrected chi connectivity index (χ3v) is 8.02. The number of nitrogens with one attached hydrogen (secondary N) is 1. The van der Waals surface area contributed by atoms with Gasteiger partial charge in [-0.3, -0.25) is 4.79 Å². The zero-order valence-electron chi connectivity index (χ0n) is 22.9. The van der Waals surface area contributed by atoms with Gasteiger partial charge in [0, 0.05) is 37.0 Å². The van der Waals surface area contributed by atoms with E-state index >= 15 is 4.39 Å². The zero-order valence-corrected chi connectivity index (χ0v) is 23.6. The number of hydrogen-bond acceptors (Lipinski definition) is 8. The maximum absolute atomic E-state index is 15.5. The SMILES string of the molecule is C=CC(=O)N(C)[C@H]1CCCC[C@H](c2ccc3ncnc(Nc4ccc(Oc5ccn6ncnc6c5)c(Cl)c4F)c3n2)C1. The molecule has 2 atom stereocenters. The van der Waals surface area contributed by atoms with Crippen LogP contribution in [0, 0.1) is 5.82 Å². The highest BCUT2D eigenvalue weighted by atomic mass is 35.5. The standard InChI is InChI=1S/C30H28ClFN8O2/c1-3-26(41)39(2)19-7-5-4-6-18(14-19)21-8-9-23-29(37-21)30(35-16-33-23)38-22-10-11-24(27(31)28(22)32)42-20-12-13-40-25(15-20)34-17-36-40/h3,8-13,15-19H,1,4-7,14H2,2H3,(H,33,35,38)/t18-,19-/m0/s1. The van der Waals surface area contributed by atoms with E-state index in [-0.39, 0.29) is 34.3 Å². The molecule has 0 unspecified atom stereocenters. The van der Waals surface area contributed by atoms with Crippen molar-refractivity contribution in [2.45, 2.75) is 44.1 Å². The van der Waals surface area contributed by atoms with Gasteiger partial charge in [0.15, 0.2) is 17.3 Å².